The highest BCUT2D eigenvalue weighted by molar-refractivity contribution is 7.89. The van der Waals surface area contributed by atoms with Gasteiger partial charge in [-0.1, -0.05) is 18.6 Å². The fourth-order valence-corrected chi connectivity index (χ4v) is 5.24. The number of aryl methyl sites for hydroxylation is 1. The van der Waals surface area contributed by atoms with Gasteiger partial charge in [0.25, 0.3) is 0 Å². The summed E-state index contributed by atoms with van der Waals surface area (Å²) in [4.78, 5) is 0.189. The van der Waals surface area contributed by atoms with Crippen LogP contribution in [0.3, 0.4) is 0 Å². The molecule has 1 aliphatic heterocycles. The third kappa shape index (κ3) is 3.91. The average Bonchev–Trinajstić information content (AvgIpc) is 2.88. The van der Waals surface area contributed by atoms with Crippen LogP contribution in [0, 0.1) is 12.7 Å². The molecule has 1 fully saturated rings. The van der Waals surface area contributed by atoms with Gasteiger partial charge in [-0.2, -0.15) is 4.31 Å². The van der Waals surface area contributed by atoms with E-state index in [0.29, 0.717) is 18.7 Å². The van der Waals surface area contributed by atoms with Crippen molar-refractivity contribution in [1.82, 2.24) is 4.31 Å². The molecule has 1 unspecified atom stereocenters. The van der Waals surface area contributed by atoms with Crippen LogP contribution in [0.25, 0.3) is 0 Å². The lowest BCUT2D eigenvalue weighted by atomic mass is 9.94. The first-order valence-corrected chi connectivity index (χ1v) is 10.3. The van der Waals surface area contributed by atoms with Crippen molar-refractivity contribution in [2.45, 2.75) is 37.0 Å². The first-order chi connectivity index (χ1) is 12.4. The Morgan fingerprint density at radius 1 is 1.12 bits per heavy atom. The highest BCUT2D eigenvalue weighted by Gasteiger charge is 2.30. The molecule has 2 aromatic carbocycles. The molecule has 140 valence electrons. The van der Waals surface area contributed by atoms with Crippen molar-refractivity contribution in [3.05, 3.63) is 59.4 Å². The second-order valence-electron chi connectivity index (χ2n) is 6.74. The number of hydrogen-bond donors (Lipinski definition) is 0. The number of benzene rings is 2. The fourth-order valence-electron chi connectivity index (χ4n) is 3.52. The Morgan fingerprint density at radius 3 is 2.50 bits per heavy atom. The quantitative estimate of drug-likeness (QED) is 0.806. The lowest BCUT2D eigenvalue weighted by Gasteiger charge is -2.25. The Bertz CT molecular complexity index is 865. The van der Waals surface area contributed by atoms with Gasteiger partial charge in [-0.25, -0.2) is 12.8 Å². The van der Waals surface area contributed by atoms with Crippen LogP contribution in [0.1, 0.15) is 36.3 Å². The molecule has 0 radical (unpaired) electrons. The van der Waals surface area contributed by atoms with Crippen LogP contribution >= 0.6 is 0 Å². The molecule has 1 saturated heterocycles. The standard InChI is InChI=1S/C20H24FNO3S/c1-15-13-18(21)8-11-20(15)26(23,24)22-12-4-3-5-17(14-22)16-6-9-19(25-2)10-7-16/h6-11,13,17H,3-5,12,14H2,1-2H3. The molecular formula is C20H24FNO3S. The van der Waals surface area contributed by atoms with Gasteiger partial charge in [-0.3, -0.25) is 0 Å². The predicted octanol–water partition coefficient (Wildman–Crippen LogP) is 4.10. The highest BCUT2D eigenvalue weighted by atomic mass is 32.2. The molecule has 2 aromatic rings. The fraction of sp³-hybridized carbons (Fsp3) is 0.400. The summed E-state index contributed by atoms with van der Waals surface area (Å²) in [7, 11) is -2.02. The molecule has 1 heterocycles. The zero-order valence-corrected chi connectivity index (χ0v) is 15.9. The van der Waals surface area contributed by atoms with Crippen molar-refractivity contribution >= 4 is 10.0 Å². The third-order valence-corrected chi connectivity index (χ3v) is 7.00. The minimum Gasteiger partial charge on any atom is -0.497 e. The van der Waals surface area contributed by atoms with Gasteiger partial charge in [0.15, 0.2) is 0 Å². The Hall–Kier alpha value is -1.92. The van der Waals surface area contributed by atoms with Crippen LogP contribution in [0.5, 0.6) is 5.75 Å². The van der Waals surface area contributed by atoms with E-state index >= 15 is 0 Å². The topological polar surface area (TPSA) is 46.6 Å². The van der Waals surface area contributed by atoms with E-state index in [9.17, 15) is 12.8 Å². The predicted molar refractivity (Wildman–Crippen MR) is 99.5 cm³/mol. The van der Waals surface area contributed by atoms with Crippen LogP contribution in [-0.4, -0.2) is 32.9 Å². The van der Waals surface area contributed by atoms with E-state index in [4.69, 9.17) is 4.74 Å². The highest BCUT2D eigenvalue weighted by Crippen LogP contribution is 2.31. The van der Waals surface area contributed by atoms with Crippen LogP contribution in [0.4, 0.5) is 4.39 Å². The molecule has 1 aliphatic rings. The van der Waals surface area contributed by atoms with Crippen LogP contribution < -0.4 is 4.74 Å². The number of halogens is 1. The molecule has 0 aromatic heterocycles. The molecule has 1 atom stereocenters. The number of nitrogens with zero attached hydrogens (tertiary/aromatic N) is 1. The average molecular weight is 377 g/mol. The second-order valence-corrected chi connectivity index (χ2v) is 8.65. The lowest BCUT2D eigenvalue weighted by molar-refractivity contribution is 0.404. The SMILES string of the molecule is COc1ccc(C2CCCCN(S(=O)(=O)c3ccc(F)cc3C)C2)cc1. The molecular weight excluding hydrogens is 353 g/mol. The monoisotopic (exact) mass is 377 g/mol. The van der Waals surface area contributed by atoms with Crippen molar-refractivity contribution in [1.29, 1.82) is 0 Å². The maximum atomic E-state index is 13.4. The summed E-state index contributed by atoms with van der Waals surface area (Å²) in [5, 5.41) is 0. The number of ether oxygens (including phenoxy) is 1. The van der Waals surface area contributed by atoms with Crippen molar-refractivity contribution in [3.63, 3.8) is 0 Å². The van der Waals surface area contributed by atoms with Crippen LogP contribution in [0.2, 0.25) is 0 Å². The summed E-state index contributed by atoms with van der Waals surface area (Å²) in [6.07, 6.45) is 2.75. The maximum absolute atomic E-state index is 13.4. The van der Waals surface area contributed by atoms with Crippen molar-refractivity contribution in [3.8, 4) is 5.75 Å². The van der Waals surface area contributed by atoms with E-state index in [1.807, 2.05) is 24.3 Å². The molecule has 0 spiro atoms. The molecule has 26 heavy (non-hydrogen) atoms. The Balaban J connectivity index is 1.88. The molecule has 0 aliphatic carbocycles. The summed E-state index contributed by atoms with van der Waals surface area (Å²) >= 11 is 0. The number of hydrogen-bond acceptors (Lipinski definition) is 3. The molecule has 4 nitrogen and oxygen atoms in total. The van der Waals surface area contributed by atoms with Crippen molar-refractivity contribution in [2.24, 2.45) is 0 Å². The first-order valence-electron chi connectivity index (χ1n) is 8.82. The zero-order chi connectivity index (χ0) is 18.7. The Labute approximate surface area is 154 Å². The van der Waals surface area contributed by atoms with E-state index in [2.05, 4.69) is 0 Å². The van der Waals surface area contributed by atoms with Gasteiger partial charge < -0.3 is 4.74 Å². The van der Waals surface area contributed by atoms with Gasteiger partial charge in [-0.05, 0) is 67.1 Å². The molecule has 0 amide bonds. The smallest absolute Gasteiger partial charge is 0.243 e. The minimum atomic E-state index is -3.64. The molecule has 0 bridgehead atoms. The maximum Gasteiger partial charge on any atom is 0.243 e. The van der Waals surface area contributed by atoms with Gasteiger partial charge in [0.05, 0.1) is 12.0 Å². The third-order valence-electron chi connectivity index (χ3n) is 4.98. The minimum absolute atomic E-state index is 0.138. The molecule has 0 N–H and O–H groups in total. The zero-order valence-electron chi connectivity index (χ0n) is 15.1. The molecule has 3 rings (SSSR count). The number of rotatable bonds is 4. The summed E-state index contributed by atoms with van der Waals surface area (Å²) in [6, 6.07) is 11.7. The number of sulfonamides is 1. The summed E-state index contributed by atoms with van der Waals surface area (Å²) in [6.45, 7) is 2.56. The number of methoxy groups -OCH3 is 1. The van der Waals surface area contributed by atoms with Crippen LogP contribution in [0.15, 0.2) is 47.4 Å². The van der Waals surface area contributed by atoms with E-state index in [0.717, 1.165) is 30.6 Å². The second kappa shape index (κ2) is 7.76. The van der Waals surface area contributed by atoms with Gasteiger partial charge in [0.1, 0.15) is 11.6 Å². The van der Waals surface area contributed by atoms with Crippen LogP contribution in [-0.2, 0) is 10.0 Å². The van der Waals surface area contributed by atoms with Gasteiger partial charge in [0, 0.05) is 13.1 Å². The first kappa shape index (κ1) is 18.9. The van der Waals surface area contributed by atoms with Crippen molar-refractivity contribution in [2.75, 3.05) is 20.2 Å². The van der Waals surface area contributed by atoms with Gasteiger partial charge in [-0.15, -0.1) is 0 Å². The van der Waals surface area contributed by atoms with E-state index in [-0.39, 0.29) is 10.8 Å². The lowest BCUT2D eigenvalue weighted by Crippen LogP contribution is -2.34. The molecule has 0 saturated carbocycles. The largest absolute Gasteiger partial charge is 0.497 e. The van der Waals surface area contributed by atoms with Gasteiger partial charge in [0.2, 0.25) is 10.0 Å². The summed E-state index contributed by atoms with van der Waals surface area (Å²) in [5.74, 6) is 0.501. The van der Waals surface area contributed by atoms with E-state index in [1.165, 1.54) is 18.2 Å². The van der Waals surface area contributed by atoms with Crippen molar-refractivity contribution < 1.29 is 17.5 Å². The summed E-state index contributed by atoms with van der Waals surface area (Å²) < 4.78 is 46.4. The normalized spacial score (nSPS) is 19.1. The van der Waals surface area contributed by atoms with Gasteiger partial charge >= 0.3 is 0 Å². The molecule has 6 heteroatoms. The Kier molecular flexibility index (Phi) is 5.63. The Morgan fingerprint density at radius 2 is 1.85 bits per heavy atom. The van der Waals surface area contributed by atoms with E-state index in [1.54, 1.807) is 18.3 Å². The van der Waals surface area contributed by atoms with E-state index < -0.39 is 15.8 Å². The summed E-state index contributed by atoms with van der Waals surface area (Å²) in [5.41, 5.74) is 1.55.